The monoisotopic (exact) mass is 220 g/mol. The Labute approximate surface area is 102 Å². The van der Waals surface area contributed by atoms with Crippen molar-refractivity contribution in [1.82, 2.24) is 0 Å². The van der Waals surface area contributed by atoms with Crippen LogP contribution in [-0.2, 0) is 0 Å². The zero-order valence-corrected chi connectivity index (χ0v) is 11.1. The van der Waals surface area contributed by atoms with Crippen molar-refractivity contribution in [3.63, 3.8) is 0 Å². The second-order valence-electron chi connectivity index (χ2n) is 5.05. The number of hydrogen-bond acceptors (Lipinski definition) is 0. The average Bonchev–Trinajstić information content (AvgIpc) is 2.27. The van der Waals surface area contributed by atoms with Crippen molar-refractivity contribution >= 4 is 0 Å². The predicted octanol–water partition coefficient (Wildman–Crippen LogP) is 5.79. The third-order valence-electron chi connectivity index (χ3n) is 3.70. The van der Waals surface area contributed by atoms with Crippen LogP contribution in [0.2, 0.25) is 0 Å². The van der Waals surface area contributed by atoms with E-state index in [1.165, 1.54) is 70.6 Å². The zero-order valence-electron chi connectivity index (χ0n) is 11.1. The molecule has 0 radical (unpaired) electrons. The molecule has 0 spiro atoms. The van der Waals surface area contributed by atoms with Crippen LogP contribution in [0.4, 0.5) is 0 Å². The number of rotatable bonds is 10. The summed E-state index contributed by atoms with van der Waals surface area (Å²) in [6.45, 7) is 6.05. The minimum Gasteiger partial charge on any atom is -0.103 e. The van der Waals surface area contributed by atoms with E-state index in [0.717, 1.165) is 0 Å². The molecule has 1 rings (SSSR count). The van der Waals surface area contributed by atoms with Crippen LogP contribution in [0.5, 0.6) is 0 Å². The SMILES string of the molecule is C=CCCCCCCC1=C(CCCC)CC1. The maximum atomic E-state index is 3.76. The van der Waals surface area contributed by atoms with Gasteiger partial charge >= 0.3 is 0 Å². The molecule has 92 valence electrons. The summed E-state index contributed by atoms with van der Waals surface area (Å²) in [6, 6.07) is 0. The van der Waals surface area contributed by atoms with Gasteiger partial charge in [0.15, 0.2) is 0 Å². The number of allylic oxidation sites excluding steroid dienone is 3. The summed E-state index contributed by atoms with van der Waals surface area (Å²) < 4.78 is 0. The molecule has 0 aromatic carbocycles. The molecule has 1 aliphatic carbocycles. The first-order valence-electron chi connectivity index (χ1n) is 7.19. The van der Waals surface area contributed by atoms with Gasteiger partial charge in [0.05, 0.1) is 0 Å². The van der Waals surface area contributed by atoms with Gasteiger partial charge in [-0.1, -0.05) is 43.4 Å². The molecule has 0 saturated carbocycles. The van der Waals surface area contributed by atoms with Crippen molar-refractivity contribution in [3.8, 4) is 0 Å². The van der Waals surface area contributed by atoms with Gasteiger partial charge in [-0.05, 0) is 51.4 Å². The highest BCUT2D eigenvalue weighted by molar-refractivity contribution is 5.24. The first-order valence-corrected chi connectivity index (χ1v) is 7.19. The molecular formula is C16H28. The number of unbranched alkanes of at least 4 members (excludes halogenated alkanes) is 5. The Bertz CT molecular complexity index is 222. The van der Waals surface area contributed by atoms with Gasteiger partial charge in [0.2, 0.25) is 0 Å². The van der Waals surface area contributed by atoms with E-state index in [1.54, 1.807) is 0 Å². The van der Waals surface area contributed by atoms with Crippen molar-refractivity contribution in [3.05, 3.63) is 23.8 Å². The number of hydrogen-bond donors (Lipinski definition) is 0. The van der Waals surface area contributed by atoms with Gasteiger partial charge in [-0.15, -0.1) is 6.58 Å². The fourth-order valence-electron chi connectivity index (χ4n) is 2.45. The Morgan fingerprint density at radius 1 is 0.938 bits per heavy atom. The van der Waals surface area contributed by atoms with E-state index >= 15 is 0 Å². The summed E-state index contributed by atoms with van der Waals surface area (Å²) in [5.74, 6) is 0. The van der Waals surface area contributed by atoms with Gasteiger partial charge in [0.1, 0.15) is 0 Å². The molecule has 0 fully saturated rings. The van der Waals surface area contributed by atoms with Crippen molar-refractivity contribution < 1.29 is 0 Å². The highest BCUT2D eigenvalue weighted by Crippen LogP contribution is 2.35. The Hall–Kier alpha value is -0.520. The van der Waals surface area contributed by atoms with E-state index in [4.69, 9.17) is 0 Å². The van der Waals surface area contributed by atoms with Crippen LogP contribution in [0.3, 0.4) is 0 Å². The van der Waals surface area contributed by atoms with Gasteiger partial charge in [-0.2, -0.15) is 0 Å². The van der Waals surface area contributed by atoms with Gasteiger partial charge in [0, 0.05) is 0 Å². The van der Waals surface area contributed by atoms with E-state index in [9.17, 15) is 0 Å². The minimum absolute atomic E-state index is 1.20. The molecule has 0 aromatic rings. The van der Waals surface area contributed by atoms with E-state index < -0.39 is 0 Å². The van der Waals surface area contributed by atoms with Crippen LogP contribution in [-0.4, -0.2) is 0 Å². The summed E-state index contributed by atoms with van der Waals surface area (Å²) in [7, 11) is 0. The summed E-state index contributed by atoms with van der Waals surface area (Å²) in [4.78, 5) is 0. The van der Waals surface area contributed by atoms with E-state index in [-0.39, 0.29) is 0 Å². The maximum absolute atomic E-state index is 3.76. The fourth-order valence-corrected chi connectivity index (χ4v) is 2.45. The zero-order chi connectivity index (χ0) is 11.6. The van der Waals surface area contributed by atoms with Gasteiger partial charge in [0.25, 0.3) is 0 Å². The van der Waals surface area contributed by atoms with Crippen LogP contribution >= 0.6 is 0 Å². The third kappa shape index (κ3) is 5.01. The van der Waals surface area contributed by atoms with Gasteiger partial charge in [-0.25, -0.2) is 0 Å². The van der Waals surface area contributed by atoms with E-state index in [2.05, 4.69) is 13.5 Å². The summed E-state index contributed by atoms with van der Waals surface area (Å²) in [5, 5.41) is 0. The summed E-state index contributed by atoms with van der Waals surface area (Å²) in [6.07, 6.45) is 17.2. The molecule has 0 heteroatoms. The second-order valence-corrected chi connectivity index (χ2v) is 5.05. The fraction of sp³-hybridized carbons (Fsp3) is 0.750. The molecule has 0 aliphatic heterocycles. The quantitative estimate of drug-likeness (QED) is 0.323. The van der Waals surface area contributed by atoms with E-state index in [1.807, 2.05) is 17.2 Å². The normalized spacial score (nSPS) is 15.1. The molecule has 0 bridgehead atoms. The smallest absolute Gasteiger partial charge is 0.0280 e. The lowest BCUT2D eigenvalue weighted by atomic mass is 9.82. The average molecular weight is 220 g/mol. The van der Waals surface area contributed by atoms with Crippen molar-refractivity contribution in [2.24, 2.45) is 0 Å². The molecule has 0 unspecified atom stereocenters. The first-order chi connectivity index (χ1) is 7.88. The Morgan fingerprint density at radius 2 is 1.56 bits per heavy atom. The van der Waals surface area contributed by atoms with Crippen LogP contribution < -0.4 is 0 Å². The van der Waals surface area contributed by atoms with Gasteiger partial charge < -0.3 is 0 Å². The topological polar surface area (TPSA) is 0 Å². The van der Waals surface area contributed by atoms with Crippen molar-refractivity contribution in [1.29, 1.82) is 0 Å². The molecule has 0 heterocycles. The molecule has 0 nitrogen and oxygen atoms in total. The van der Waals surface area contributed by atoms with Crippen LogP contribution in [0.25, 0.3) is 0 Å². The lowest BCUT2D eigenvalue weighted by molar-refractivity contribution is 0.599. The lowest BCUT2D eigenvalue weighted by Crippen LogP contribution is -2.04. The first kappa shape index (κ1) is 13.5. The molecule has 16 heavy (non-hydrogen) atoms. The van der Waals surface area contributed by atoms with Crippen LogP contribution in [0.15, 0.2) is 23.8 Å². The predicted molar refractivity (Wildman–Crippen MR) is 73.7 cm³/mol. The largest absolute Gasteiger partial charge is 0.103 e. The van der Waals surface area contributed by atoms with Gasteiger partial charge in [-0.3, -0.25) is 0 Å². The summed E-state index contributed by atoms with van der Waals surface area (Å²) >= 11 is 0. The maximum Gasteiger partial charge on any atom is -0.0280 e. The third-order valence-corrected chi connectivity index (χ3v) is 3.70. The minimum atomic E-state index is 1.20. The highest BCUT2D eigenvalue weighted by Gasteiger charge is 2.15. The van der Waals surface area contributed by atoms with Crippen molar-refractivity contribution in [2.75, 3.05) is 0 Å². The lowest BCUT2D eigenvalue weighted by Gasteiger charge is -2.24. The molecule has 0 N–H and O–H groups in total. The molecular weight excluding hydrogens is 192 g/mol. The molecule has 0 aromatic heterocycles. The Kier molecular flexibility index (Phi) is 7.29. The molecule has 1 aliphatic rings. The van der Waals surface area contributed by atoms with Crippen molar-refractivity contribution in [2.45, 2.75) is 77.6 Å². The van der Waals surface area contributed by atoms with Crippen LogP contribution in [0, 0.1) is 0 Å². The summed E-state index contributed by atoms with van der Waals surface area (Å²) in [5.41, 5.74) is 3.63. The van der Waals surface area contributed by atoms with E-state index in [0.29, 0.717) is 0 Å². The molecule has 0 saturated heterocycles. The Morgan fingerprint density at radius 3 is 2.12 bits per heavy atom. The standard InChI is InChI=1S/C16H28/c1-3-5-7-8-9-10-12-16-14-13-15(16)11-6-4-2/h3H,1,4-14H2,2H3. The highest BCUT2D eigenvalue weighted by atomic mass is 14.2. The van der Waals surface area contributed by atoms with Crippen LogP contribution in [0.1, 0.15) is 77.6 Å². The Balaban J connectivity index is 2.02. The molecule has 0 atom stereocenters. The second kappa shape index (κ2) is 8.61. The molecule has 0 amide bonds.